The fraction of sp³-hybridized carbons (Fsp3) is 0.296. The molecular weight excluding hydrogens is 486 g/mol. The summed E-state index contributed by atoms with van der Waals surface area (Å²) in [6.45, 7) is 4.89. The Morgan fingerprint density at radius 3 is 2.63 bits per heavy atom. The van der Waals surface area contributed by atoms with Crippen molar-refractivity contribution in [3.05, 3.63) is 60.2 Å². The summed E-state index contributed by atoms with van der Waals surface area (Å²) in [7, 11) is 3.39. The number of carbonyl (C=O) groups excluding carboxylic acids is 1. The molecule has 0 radical (unpaired) electrons. The van der Waals surface area contributed by atoms with Gasteiger partial charge in [-0.05, 0) is 31.2 Å². The molecule has 0 aliphatic carbocycles. The molecule has 0 unspecified atom stereocenters. The third-order valence-corrected chi connectivity index (χ3v) is 6.05. The van der Waals surface area contributed by atoms with E-state index < -0.39 is 0 Å². The van der Waals surface area contributed by atoms with Crippen molar-refractivity contribution in [1.82, 2.24) is 24.7 Å². The number of nitrogens with one attached hydrogen (secondary N) is 2. The summed E-state index contributed by atoms with van der Waals surface area (Å²) in [6, 6.07) is 11.1. The summed E-state index contributed by atoms with van der Waals surface area (Å²) in [5.74, 6) is 2.91. The van der Waals surface area contributed by atoms with Crippen LogP contribution in [0, 0.1) is 6.92 Å². The summed E-state index contributed by atoms with van der Waals surface area (Å²) < 4.78 is 18.4. The maximum Gasteiger partial charge on any atom is 0.184 e. The average molecular weight is 516 g/mol. The second-order valence-corrected chi connectivity index (χ2v) is 8.83. The molecule has 11 heteroatoms. The van der Waals surface area contributed by atoms with Gasteiger partial charge in [0.1, 0.15) is 29.8 Å². The van der Waals surface area contributed by atoms with Gasteiger partial charge in [0, 0.05) is 25.7 Å². The van der Waals surface area contributed by atoms with Crippen molar-refractivity contribution in [1.29, 1.82) is 0 Å². The first-order valence-electron chi connectivity index (χ1n) is 12.3. The summed E-state index contributed by atoms with van der Waals surface area (Å²) in [5.41, 5.74) is 3.19. The number of carbonyl (C=O) groups is 1. The summed E-state index contributed by atoms with van der Waals surface area (Å²) >= 11 is 0. The topological polar surface area (TPSA) is 125 Å². The number of anilines is 4. The monoisotopic (exact) mass is 515 g/mol. The number of rotatable bonds is 10. The first kappa shape index (κ1) is 25.2. The van der Waals surface area contributed by atoms with Gasteiger partial charge in [-0.15, -0.1) is 0 Å². The number of hydrogen-bond donors (Lipinski definition) is 2. The maximum absolute atomic E-state index is 12.7. The second-order valence-electron chi connectivity index (χ2n) is 8.83. The minimum Gasteiger partial charge on any atom is -0.494 e. The second kappa shape index (κ2) is 10.9. The fourth-order valence-electron chi connectivity index (χ4n) is 4.01. The largest absolute Gasteiger partial charge is 0.494 e. The molecule has 1 aliphatic rings. The molecule has 0 saturated carbocycles. The Kier molecular flexibility index (Phi) is 7.18. The number of aryl methyl sites for hydroxylation is 2. The van der Waals surface area contributed by atoms with E-state index in [4.69, 9.17) is 14.2 Å². The molecule has 0 bridgehead atoms. The SMILES string of the molecule is CCC(=O)c1cnc(Nc2ccc(OC3COC3)c(C)n2)cc1Nc1cccc(-c2ncn(C)n2)c1OC. The highest BCUT2D eigenvalue weighted by molar-refractivity contribution is 6.02. The summed E-state index contributed by atoms with van der Waals surface area (Å²) in [4.78, 5) is 26.2. The van der Waals surface area contributed by atoms with E-state index in [9.17, 15) is 4.79 Å². The van der Waals surface area contributed by atoms with Gasteiger partial charge in [-0.3, -0.25) is 9.48 Å². The number of hydrogen-bond acceptors (Lipinski definition) is 10. The van der Waals surface area contributed by atoms with E-state index in [2.05, 4.69) is 30.7 Å². The van der Waals surface area contributed by atoms with E-state index in [1.165, 1.54) is 0 Å². The van der Waals surface area contributed by atoms with E-state index in [1.807, 2.05) is 44.2 Å². The van der Waals surface area contributed by atoms with Crippen LogP contribution in [-0.4, -0.2) is 56.9 Å². The Morgan fingerprint density at radius 2 is 1.97 bits per heavy atom. The molecular formula is C27H29N7O4. The number of nitrogens with zero attached hydrogens (tertiary/aromatic N) is 5. The van der Waals surface area contributed by atoms with Crippen LogP contribution in [0.4, 0.5) is 23.0 Å². The number of pyridine rings is 2. The minimum atomic E-state index is -0.0384. The predicted octanol–water partition coefficient (Wildman–Crippen LogP) is 4.45. The third kappa shape index (κ3) is 5.28. The van der Waals surface area contributed by atoms with Gasteiger partial charge >= 0.3 is 0 Å². The molecule has 3 aromatic heterocycles. The molecule has 5 rings (SSSR count). The Bertz CT molecular complexity index is 1470. The number of methoxy groups -OCH3 is 1. The van der Waals surface area contributed by atoms with Crippen LogP contribution in [-0.2, 0) is 11.8 Å². The molecule has 196 valence electrons. The van der Waals surface area contributed by atoms with Crippen molar-refractivity contribution in [2.24, 2.45) is 7.05 Å². The summed E-state index contributed by atoms with van der Waals surface area (Å²) in [6.07, 6.45) is 3.60. The van der Waals surface area contributed by atoms with Crippen molar-refractivity contribution >= 4 is 28.8 Å². The normalized spacial score (nSPS) is 13.1. The number of para-hydroxylation sites is 1. The standard InChI is InChI=1S/C27H29N7O4/c1-5-22(35)19-12-28-25(32-24-10-9-23(16(2)30-24)38-17-13-37-14-17)11-21(19)31-20-8-6-7-18(26(20)36-4)27-29-15-34(3)33-27/h6-12,15,17H,5,13-14H2,1-4H3,(H2,28,30,31,32). The Balaban J connectivity index is 1.44. The van der Waals surface area contributed by atoms with Crippen molar-refractivity contribution in [2.75, 3.05) is 31.0 Å². The zero-order valence-electron chi connectivity index (χ0n) is 21.7. The van der Waals surface area contributed by atoms with Crippen LogP contribution in [0.2, 0.25) is 0 Å². The highest BCUT2D eigenvalue weighted by atomic mass is 16.6. The molecule has 1 fully saturated rings. The van der Waals surface area contributed by atoms with Crippen LogP contribution >= 0.6 is 0 Å². The molecule has 0 spiro atoms. The molecule has 4 heterocycles. The smallest absolute Gasteiger partial charge is 0.184 e. The fourth-order valence-corrected chi connectivity index (χ4v) is 4.01. The zero-order valence-corrected chi connectivity index (χ0v) is 21.7. The minimum absolute atomic E-state index is 0.0384. The van der Waals surface area contributed by atoms with Gasteiger partial charge in [-0.25, -0.2) is 15.0 Å². The van der Waals surface area contributed by atoms with E-state index in [0.29, 0.717) is 59.8 Å². The van der Waals surface area contributed by atoms with Crippen molar-refractivity contribution in [2.45, 2.75) is 26.4 Å². The third-order valence-electron chi connectivity index (χ3n) is 6.05. The lowest BCUT2D eigenvalue weighted by molar-refractivity contribution is -0.0800. The van der Waals surface area contributed by atoms with Crippen LogP contribution in [0.25, 0.3) is 11.4 Å². The zero-order chi connectivity index (χ0) is 26.6. The predicted molar refractivity (Wildman–Crippen MR) is 143 cm³/mol. The number of aromatic nitrogens is 5. The first-order valence-corrected chi connectivity index (χ1v) is 12.3. The number of benzene rings is 1. The van der Waals surface area contributed by atoms with Crippen LogP contribution < -0.4 is 20.1 Å². The molecule has 38 heavy (non-hydrogen) atoms. The molecule has 1 saturated heterocycles. The maximum atomic E-state index is 12.7. The molecule has 1 aliphatic heterocycles. The van der Waals surface area contributed by atoms with Crippen molar-refractivity contribution in [3.8, 4) is 22.9 Å². The lowest BCUT2D eigenvalue weighted by atomic mass is 10.1. The van der Waals surface area contributed by atoms with Gasteiger partial charge in [0.2, 0.25) is 0 Å². The van der Waals surface area contributed by atoms with E-state index in [1.54, 1.807) is 37.4 Å². The molecule has 0 atom stereocenters. The van der Waals surface area contributed by atoms with Crippen LogP contribution in [0.5, 0.6) is 11.5 Å². The quantitative estimate of drug-likeness (QED) is 0.293. The molecule has 0 amide bonds. The molecule has 11 nitrogen and oxygen atoms in total. The van der Waals surface area contributed by atoms with Crippen LogP contribution in [0.15, 0.2) is 48.9 Å². The van der Waals surface area contributed by atoms with Gasteiger partial charge in [-0.2, -0.15) is 5.10 Å². The first-order chi connectivity index (χ1) is 18.4. The highest BCUT2D eigenvalue weighted by Crippen LogP contribution is 2.37. The molecule has 4 aromatic rings. The Morgan fingerprint density at radius 1 is 1.13 bits per heavy atom. The Hall–Kier alpha value is -4.51. The van der Waals surface area contributed by atoms with Crippen molar-refractivity contribution < 1.29 is 19.0 Å². The van der Waals surface area contributed by atoms with Gasteiger partial charge < -0.3 is 24.8 Å². The van der Waals surface area contributed by atoms with Gasteiger partial charge in [0.15, 0.2) is 17.4 Å². The highest BCUT2D eigenvalue weighted by Gasteiger charge is 2.21. The molecule has 1 aromatic carbocycles. The lowest BCUT2D eigenvalue weighted by Crippen LogP contribution is -2.38. The van der Waals surface area contributed by atoms with Crippen molar-refractivity contribution in [3.63, 3.8) is 0 Å². The lowest BCUT2D eigenvalue weighted by Gasteiger charge is -2.27. The van der Waals surface area contributed by atoms with E-state index in [-0.39, 0.29) is 11.9 Å². The number of Topliss-reactive ketones (excluding diaryl/α,β-unsaturated/α-hetero) is 1. The number of ketones is 1. The van der Waals surface area contributed by atoms with Crippen LogP contribution in [0.3, 0.4) is 0 Å². The van der Waals surface area contributed by atoms with E-state index in [0.717, 1.165) is 17.0 Å². The average Bonchev–Trinajstić information content (AvgIpc) is 3.33. The van der Waals surface area contributed by atoms with Gasteiger partial charge in [0.25, 0.3) is 0 Å². The summed E-state index contributed by atoms with van der Waals surface area (Å²) in [5, 5.41) is 11.0. The van der Waals surface area contributed by atoms with Gasteiger partial charge in [0.05, 0.1) is 48.5 Å². The molecule has 2 N–H and O–H groups in total. The van der Waals surface area contributed by atoms with Crippen LogP contribution in [0.1, 0.15) is 29.4 Å². The van der Waals surface area contributed by atoms with Gasteiger partial charge in [-0.1, -0.05) is 13.0 Å². The van der Waals surface area contributed by atoms with E-state index >= 15 is 0 Å². The number of ether oxygens (including phenoxy) is 3. The Labute approximate surface area is 220 Å².